The number of hydrogen-bond acceptors (Lipinski definition) is 4. The van der Waals surface area contributed by atoms with Gasteiger partial charge in [-0.2, -0.15) is 0 Å². The lowest BCUT2D eigenvalue weighted by molar-refractivity contribution is 0.0620. The summed E-state index contributed by atoms with van der Waals surface area (Å²) in [6, 6.07) is 0.585. The second-order valence-corrected chi connectivity index (χ2v) is 4.93. The summed E-state index contributed by atoms with van der Waals surface area (Å²) in [7, 11) is 1.75. The van der Waals surface area contributed by atoms with E-state index in [1.807, 2.05) is 0 Å². The van der Waals surface area contributed by atoms with Crippen LogP contribution in [0.3, 0.4) is 0 Å². The normalized spacial score (nSPS) is 24.5. The first kappa shape index (κ1) is 14.9. The minimum atomic E-state index is 0.369. The first-order valence-corrected chi connectivity index (χ1v) is 6.79. The third-order valence-corrected chi connectivity index (χ3v) is 3.25. The number of nitrogens with one attached hydrogen (secondary N) is 1. The van der Waals surface area contributed by atoms with Gasteiger partial charge in [-0.1, -0.05) is 0 Å². The molecular formula is C13H28N2O2. The summed E-state index contributed by atoms with van der Waals surface area (Å²) >= 11 is 0. The van der Waals surface area contributed by atoms with Gasteiger partial charge in [-0.05, 0) is 33.2 Å². The Labute approximate surface area is 106 Å². The summed E-state index contributed by atoms with van der Waals surface area (Å²) in [4.78, 5) is 2.53. The molecule has 102 valence electrons. The van der Waals surface area contributed by atoms with Crippen LogP contribution in [0.5, 0.6) is 0 Å². The highest BCUT2D eigenvalue weighted by atomic mass is 16.5. The summed E-state index contributed by atoms with van der Waals surface area (Å²) in [5.74, 6) is 0. The molecule has 0 aromatic rings. The SMILES string of the molecule is COCCCNCC(C)N1CCCOC(C)C1. The molecule has 1 aliphatic rings. The molecule has 0 spiro atoms. The van der Waals surface area contributed by atoms with Gasteiger partial charge in [-0.25, -0.2) is 0 Å². The van der Waals surface area contributed by atoms with Crippen LogP contribution in [-0.2, 0) is 9.47 Å². The second kappa shape index (κ2) is 8.86. The standard InChI is InChI=1S/C13H28N2O2/c1-12(10-14-6-4-8-16-3)15-7-5-9-17-13(2)11-15/h12-14H,4-11H2,1-3H3. The van der Waals surface area contributed by atoms with Crippen molar-refractivity contribution in [1.82, 2.24) is 10.2 Å². The van der Waals surface area contributed by atoms with Gasteiger partial charge in [-0.15, -0.1) is 0 Å². The Kier molecular flexibility index (Phi) is 7.77. The quantitative estimate of drug-likeness (QED) is 0.680. The van der Waals surface area contributed by atoms with Crippen molar-refractivity contribution in [2.24, 2.45) is 0 Å². The average Bonchev–Trinajstić information content (AvgIpc) is 2.53. The van der Waals surface area contributed by atoms with Crippen molar-refractivity contribution >= 4 is 0 Å². The van der Waals surface area contributed by atoms with Gasteiger partial charge in [0, 0.05) is 46.0 Å². The number of nitrogens with zero attached hydrogens (tertiary/aromatic N) is 1. The zero-order chi connectivity index (χ0) is 12.5. The Hall–Kier alpha value is -0.160. The molecule has 1 N–H and O–H groups in total. The lowest BCUT2D eigenvalue weighted by atomic mass is 10.2. The van der Waals surface area contributed by atoms with E-state index in [-0.39, 0.29) is 0 Å². The molecular weight excluding hydrogens is 216 g/mol. The first-order chi connectivity index (χ1) is 8.24. The second-order valence-electron chi connectivity index (χ2n) is 4.93. The predicted molar refractivity (Wildman–Crippen MR) is 70.4 cm³/mol. The molecule has 1 heterocycles. The summed E-state index contributed by atoms with van der Waals surface area (Å²) in [6.07, 6.45) is 2.61. The third-order valence-electron chi connectivity index (χ3n) is 3.25. The van der Waals surface area contributed by atoms with E-state index < -0.39 is 0 Å². The third kappa shape index (κ3) is 6.36. The highest BCUT2D eigenvalue weighted by molar-refractivity contribution is 4.74. The molecule has 0 aliphatic carbocycles. The highest BCUT2D eigenvalue weighted by Gasteiger charge is 2.19. The van der Waals surface area contributed by atoms with Crippen LogP contribution in [0.4, 0.5) is 0 Å². The maximum absolute atomic E-state index is 5.66. The van der Waals surface area contributed by atoms with Gasteiger partial charge in [0.2, 0.25) is 0 Å². The largest absolute Gasteiger partial charge is 0.385 e. The Morgan fingerprint density at radius 3 is 3.12 bits per heavy atom. The molecule has 1 saturated heterocycles. The Bertz CT molecular complexity index is 190. The highest BCUT2D eigenvalue weighted by Crippen LogP contribution is 2.08. The number of rotatable bonds is 7. The topological polar surface area (TPSA) is 33.7 Å². The summed E-state index contributed by atoms with van der Waals surface area (Å²) < 4.78 is 10.7. The fourth-order valence-corrected chi connectivity index (χ4v) is 2.21. The average molecular weight is 244 g/mol. The van der Waals surface area contributed by atoms with Crippen molar-refractivity contribution in [3.8, 4) is 0 Å². The van der Waals surface area contributed by atoms with Gasteiger partial charge in [0.25, 0.3) is 0 Å². The molecule has 0 amide bonds. The molecule has 2 unspecified atom stereocenters. The summed E-state index contributed by atoms with van der Waals surface area (Å²) in [5.41, 5.74) is 0. The Balaban J connectivity index is 2.14. The molecule has 1 rings (SSSR count). The molecule has 0 aromatic heterocycles. The zero-order valence-corrected chi connectivity index (χ0v) is 11.6. The number of ether oxygens (including phenoxy) is 2. The molecule has 0 saturated carbocycles. The fraction of sp³-hybridized carbons (Fsp3) is 1.00. The maximum atomic E-state index is 5.66. The van der Waals surface area contributed by atoms with Crippen molar-refractivity contribution in [2.75, 3.05) is 46.5 Å². The van der Waals surface area contributed by atoms with E-state index in [2.05, 4.69) is 24.1 Å². The van der Waals surface area contributed by atoms with Gasteiger partial charge in [0.15, 0.2) is 0 Å². The maximum Gasteiger partial charge on any atom is 0.0674 e. The zero-order valence-electron chi connectivity index (χ0n) is 11.6. The van der Waals surface area contributed by atoms with E-state index in [1.165, 1.54) is 0 Å². The van der Waals surface area contributed by atoms with Crippen molar-refractivity contribution in [3.05, 3.63) is 0 Å². The minimum absolute atomic E-state index is 0.369. The minimum Gasteiger partial charge on any atom is -0.385 e. The molecule has 0 radical (unpaired) electrons. The van der Waals surface area contributed by atoms with Gasteiger partial charge in [-0.3, -0.25) is 4.90 Å². The molecule has 17 heavy (non-hydrogen) atoms. The van der Waals surface area contributed by atoms with Crippen LogP contribution in [-0.4, -0.2) is 63.5 Å². The van der Waals surface area contributed by atoms with Crippen molar-refractivity contribution in [3.63, 3.8) is 0 Å². The van der Waals surface area contributed by atoms with Gasteiger partial charge in [0.05, 0.1) is 6.10 Å². The van der Waals surface area contributed by atoms with E-state index in [1.54, 1.807) is 7.11 Å². The molecule has 2 atom stereocenters. The van der Waals surface area contributed by atoms with Crippen molar-refractivity contribution in [2.45, 2.75) is 38.8 Å². The van der Waals surface area contributed by atoms with Crippen LogP contribution >= 0.6 is 0 Å². The van der Waals surface area contributed by atoms with E-state index in [9.17, 15) is 0 Å². The lowest BCUT2D eigenvalue weighted by Gasteiger charge is -2.29. The predicted octanol–water partition coefficient (Wildman–Crippen LogP) is 1.11. The van der Waals surface area contributed by atoms with Crippen LogP contribution in [0.15, 0.2) is 0 Å². The molecule has 0 aromatic carbocycles. The van der Waals surface area contributed by atoms with E-state index in [4.69, 9.17) is 9.47 Å². The molecule has 4 heteroatoms. The van der Waals surface area contributed by atoms with Crippen molar-refractivity contribution in [1.29, 1.82) is 0 Å². The number of methoxy groups -OCH3 is 1. The molecule has 1 fully saturated rings. The lowest BCUT2D eigenvalue weighted by Crippen LogP contribution is -2.43. The van der Waals surface area contributed by atoms with Crippen LogP contribution < -0.4 is 5.32 Å². The monoisotopic (exact) mass is 244 g/mol. The van der Waals surface area contributed by atoms with Crippen LogP contribution in [0.2, 0.25) is 0 Å². The van der Waals surface area contributed by atoms with E-state index >= 15 is 0 Å². The van der Waals surface area contributed by atoms with Crippen molar-refractivity contribution < 1.29 is 9.47 Å². The molecule has 1 aliphatic heterocycles. The van der Waals surface area contributed by atoms with Crippen LogP contribution in [0.1, 0.15) is 26.7 Å². The van der Waals surface area contributed by atoms with E-state index in [0.717, 1.165) is 52.2 Å². The van der Waals surface area contributed by atoms with Gasteiger partial charge < -0.3 is 14.8 Å². The molecule has 4 nitrogen and oxygen atoms in total. The van der Waals surface area contributed by atoms with Gasteiger partial charge >= 0.3 is 0 Å². The Morgan fingerprint density at radius 1 is 1.53 bits per heavy atom. The fourth-order valence-electron chi connectivity index (χ4n) is 2.21. The number of hydrogen-bond donors (Lipinski definition) is 1. The summed E-state index contributed by atoms with van der Waals surface area (Å²) in [6.45, 7) is 10.5. The van der Waals surface area contributed by atoms with Crippen LogP contribution in [0.25, 0.3) is 0 Å². The smallest absolute Gasteiger partial charge is 0.0674 e. The van der Waals surface area contributed by atoms with Gasteiger partial charge in [0.1, 0.15) is 0 Å². The van der Waals surface area contributed by atoms with E-state index in [0.29, 0.717) is 12.1 Å². The summed E-state index contributed by atoms with van der Waals surface area (Å²) in [5, 5.41) is 3.49. The Morgan fingerprint density at radius 2 is 2.35 bits per heavy atom. The molecule has 0 bridgehead atoms. The van der Waals surface area contributed by atoms with Crippen LogP contribution in [0, 0.1) is 0 Å². The first-order valence-electron chi connectivity index (χ1n) is 6.79.